The zero-order valence-electron chi connectivity index (χ0n) is 14.6. The Bertz CT molecular complexity index is 552. The van der Waals surface area contributed by atoms with Crippen molar-refractivity contribution < 1.29 is 19.1 Å². The van der Waals surface area contributed by atoms with Crippen molar-refractivity contribution in [2.24, 2.45) is 0 Å². The Morgan fingerprint density at radius 3 is 2.71 bits per heavy atom. The number of hydrogen-bond donors (Lipinski definition) is 0. The van der Waals surface area contributed by atoms with Crippen LogP contribution in [0.4, 0.5) is 0 Å². The lowest BCUT2D eigenvalue weighted by Gasteiger charge is -2.16. The quantitative estimate of drug-likeness (QED) is 0.686. The van der Waals surface area contributed by atoms with Crippen LogP contribution in [0.3, 0.4) is 0 Å². The highest BCUT2D eigenvalue weighted by molar-refractivity contribution is 5.81. The van der Waals surface area contributed by atoms with Gasteiger partial charge in [0.15, 0.2) is 0 Å². The summed E-state index contributed by atoms with van der Waals surface area (Å²) in [7, 11) is 1.62. The summed E-state index contributed by atoms with van der Waals surface area (Å²) in [6, 6.07) is 7.94. The van der Waals surface area contributed by atoms with Crippen LogP contribution in [-0.2, 0) is 20.7 Å². The Hall–Kier alpha value is -2.04. The molecule has 5 heteroatoms. The van der Waals surface area contributed by atoms with Crippen LogP contribution in [0.25, 0.3) is 0 Å². The number of benzene rings is 1. The van der Waals surface area contributed by atoms with Gasteiger partial charge < -0.3 is 14.4 Å². The molecule has 0 saturated heterocycles. The van der Waals surface area contributed by atoms with E-state index in [-0.39, 0.29) is 18.4 Å². The summed E-state index contributed by atoms with van der Waals surface area (Å²) >= 11 is 0. The molecule has 5 nitrogen and oxygen atoms in total. The zero-order chi connectivity index (χ0) is 17.4. The first-order valence-corrected chi connectivity index (χ1v) is 8.73. The summed E-state index contributed by atoms with van der Waals surface area (Å²) < 4.78 is 10.8. The first kappa shape index (κ1) is 18.3. The number of rotatable bonds is 8. The molecule has 0 N–H and O–H groups in total. The van der Waals surface area contributed by atoms with Crippen LogP contribution in [0.5, 0.6) is 5.75 Å². The smallest absolute Gasteiger partial charge is 0.325 e. The fourth-order valence-electron chi connectivity index (χ4n) is 2.90. The SMILES string of the molecule is CCOC(=O)CN(C)C(=O)CCc1cccc(OC2CCCC2)c1. The van der Waals surface area contributed by atoms with Gasteiger partial charge in [-0.05, 0) is 56.7 Å². The van der Waals surface area contributed by atoms with E-state index in [1.54, 1.807) is 14.0 Å². The van der Waals surface area contributed by atoms with Gasteiger partial charge >= 0.3 is 5.97 Å². The fraction of sp³-hybridized carbons (Fsp3) is 0.579. The highest BCUT2D eigenvalue weighted by Crippen LogP contribution is 2.24. The van der Waals surface area contributed by atoms with Crippen LogP contribution >= 0.6 is 0 Å². The predicted molar refractivity (Wildman–Crippen MR) is 91.9 cm³/mol. The molecule has 1 saturated carbocycles. The van der Waals surface area contributed by atoms with E-state index < -0.39 is 0 Å². The number of hydrogen-bond acceptors (Lipinski definition) is 4. The molecule has 0 aromatic heterocycles. The molecule has 2 rings (SSSR count). The maximum absolute atomic E-state index is 12.1. The van der Waals surface area contributed by atoms with Crippen LogP contribution in [0, 0.1) is 0 Å². The van der Waals surface area contributed by atoms with Gasteiger partial charge in [0.05, 0.1) is 12.7 Å². The minimum absolute atomic E-state index is 0.00248. The van der Waals surface area contributed by atoms with E-state index in [9.17, 15) is 9.59 Å². The molecule has 0 radical (unpaired) electrons. The molecule has 0 unspecified atom stereocenters. The summed E-state index contributed by atoms with van der Waals surface area (Å²) in [5.41, 5.74) is 1.07. The second-order valence-electron chi connectivity index (χ2n) is 6.23. The first-order chi connectivity index (χ1) is 11.6. The maximum atomic E-state index is 12.1. The average molecular weight is 333 g/mol. The van der Waals surface area contributed by atoms with E-state index >= 15 is 0 Å². The zero-order valence-corrected chi connectivity index (χ0v) is 14.6. The minimum Gasteiger partial charge on any atom is -0.490 e. The Kier molecular flexibility index (Phi) is 7.09. The molecular weight excluding hydrogens is 306 g/mol. The molecule has 0 spiro atoms. The van der Waals surface area contributed by atoms with E-state index in [0.717, 1.165) is 24.2 Å². The highest BCUT2D eigenvalue weighted by atomic mass is 16.5. The van der Waals surface area contributed by atoms with Crippen LogP contribution in [0.1, 0.15) is 44.6 Å². The summed E-state index contributed by atoms with van der Waals surface area (Å²) in [4.78, 5) is 24.9. The molecule has 1 fully saturated rings. The van der Waals surface area contributed by atoms with Crippen LogP contribution in [-0.4, -0.2) is 43.1 Å². The second-order valence-corrected chi connectivity index (χ2v) is 6.23. The lowest BCUT2D eigenvalue weighted by atomic mass is 10.1. The topological polar surface area (TPSA) is 55.8 Å². The molecule has 1 aliphatic rings. The van der Waals surface area contributed by atoms with E-state index in [2.05, 4.69) is 0 Å². The number of carbonyl (C=O) groups is 2. The summed E-state index contributed by atoms with van der Waals surface area (Å²) in [6.07, 6.45) is 6.06. The largest absolute Gasteiger partial charge is 0.490 e. The molecule has 1 aliphatic carbocycles. The number of aryl methyl sites for hydroxylation is 1. The number of likely N-dealkylation sites (N-methyl/N-ethyl adjacent to an activating group) is 1. The van der Waals surface area contributed by atoms with Crippen molar-refractivity contribution >= 4 is 11.9 Å². The molecule has 24 heavy (non-hydrogen) atoms. The van der Waals surface area contributed by atoms with E-state index in [1.807, 2.05) is 24.3 Å². The monoisotopic (exact) mass is 333 g/mol. The minimum atomic E-state index is -0.375. The van der Waals surface area contributed by atoms with Crippen molar-refractivity contribution in [2.45, 2.75) is 51.6 Å². The van der Waals surface area contributed by atoms with Crippen molar-refractivity contribution in [1.29, 1.82) is 0 Å². The summed E-state index contributed by atoms with van der Waals surface area (Å²) in [5, 5.41) is 0. The van der Waals surface area contributed by atoms with Crippen molar-refractivity contribution in [1.82, 2.24) is 4.90 Å². The number of nitrogens with zero attached hydrogens (tertiary/aromatic N) is 1. The molecule has 132 valence electrons. The van der Waals surface area contributed by atoms with Gasteiger partial charge in [-0.3, -0.25) is 9.59 Å². The number of carbonyl (C=O) groups excluding carboxylic acids is 2. The van der Waals surface area contributed by atoms with Gasteiger partial charge in [-0.15, -0.1) is 0 Å². The molecule has 1 amide bonds. The Morgan fingerprint density at radius 1 is 1.25 bits per heavy atom. The third-order valence-electron chi connectivity index (χ3n) is 4.23. The lowest BCUT2D eigenvalue weighted by molar-refractivity contribution is -0.148. The standard InChI is InChI=1S/C19H27NO4/c1-3-23-19(22)14-20(2)18(21)12-11-15-7-6-10-17(13-15)24-16-8-4-5-9-16/h6-7,10,13,16H,3-5,8-9,11-12,14H2,1-2H3. The van der Waals surface area contributed by atoms with Gasteiger partial charge in [-0.1, -0.05) is 12.1 Å². The Morgan fingerprint density at radius 2 is 2.00 bits per heavy atom. The van der Waals surface area contributed by atoms with E-state index in [1.165, 1.54) is 17.7 Å². The summed E-state index contributed by atoms with van der Waals surface area (Å²) in [5.74, 6) is 0.442. The molecule has 1 aromatic carbocycles. The number of esters is 1. The molecule has 0 heterocycles. The van der Waals surface area contributed by atoms with Gasteiger partial charge in [0.1, 0.15) is 12.3 Å². The highest BCUT2D eigenvalue weighted by Gasteiger charge is 2.17. The third-order valence-corrected chi connectivity index (χ3v) is 4.23. The predicted octanol–water partition coefficient (Wildman–Crippen LogP) is 2.96. The van der Waals surface area contributed by atoms with Crippen LogP contribution < -0.4 is 4.74 Å². The normalized spacial score (nSPS) is 14.4. The fourth-order valence-corrected chi connectivity index (χ4v) is 2.90. The summed E-state index contributed by atoms with van der Waals surface area (Å²) in [6.45, 7) is 2.08. The van der Waals surface area contributed by atoms with Crippen LogP contribution in [0.15, 0.2) is 24.3 Å². The van der Waals surface area contributed by atoms with Crippen molar-refractivity contribution in [3.63, 3.8) is 0 Å². The van der Waals surface area contributed by atoms with E-state index in [0.29, 0.717) is 25.6 Å². The van der Waals surface area contributed by atoms with Gasteiger partial charge in [-0.25, -0.2) is 0 Å². The van der Waals surface area contributed by atoms with Crippen molar-refractivity contribution in [2.75, 3.05) is 20.2 Å². The Labute approximate surface area is 143 Å². The van der Waals surface area contributed by atoms with Crippen LogP contribution in [0.2, 0.25) is 0 Å². The molecule has 0 aliphatic heterocycles. The van der Waals surface area contributed by atoms with Gasteiger partial charge in [0.2, 0.25) is 5.91 Å². The molecule has 0 bridgehead atoms. The van der Waals surface area contributed by atoms with Gasteiger partial charge in [0, 0.05) is 13.5 Å². The lowest BCUT2D eigenvalue weighted by Crippen LogP contribution is -2.33. The Balaban J connectivity index is 1.80. The molecule has 1 aromatic rings. The van der Waals surface area contributed by atoms with Crippen molar-refractivity contribution in [3.8, 4) is 5.75 Å². The number of ether oxygens (including phenoxy) is 2. The average Bonchev–Trinajstić information content (AvgIpc) is 3.06. The number of amides is 1. The van der Waals surface area contributed by atoms with E-state index in [4.69, 9.17) is 9.47 Å². The van der Waals surface area contributed by atoms with Gasteiger partial charge in [0.25, 0.3) is 0 Å². The van der Waals surface area contributed by atoms with Crippen molar-refractivity contribution in [3.05, 3.63) is 29.8 Å². The maximum Gasteiger partial charge on any atom is 0.325 e. The second kappa shape index (κ2) is 9.30. The molecule has 0 atom stereocenters. The third kappa shape index (κ3) is 5.87. The first-order valence-electron chi connectivity index (χ1n) is 8.73. The van der Waals surface area contributed by atoms with Gasteiger partial charge in [-0.2, -0.15) is 0 Å². The molecular formula is C19H27NO4.